The second-order valence-electron chi connectivity index (χ2n) is 5.94. The van der Waals surface area contributed by atoms with Crippen molar-refractivity contribution < 1.29 is 33.3 Å². The summed E-state index contributed by atoms with van der Waals surface area (Å²) in [5.41, 5.74) is 0. The quantitative estimate of drug-likeness (QED) is 0.377. The van der Waals surface area contributed by atoms with Crippen LogP contribution in [0.1, 0.15) is 39.5 Å². The molecule has 0 radical (unpaired) electrons. The van der Waals surface area contributed by atoms with E-state index < -0.39 is 36.4 Å². The van der Waals surface area contributed by atoms with E-state index in [1.54, 1.807) is 13.8 Å². The van der Waals surface area contributed by atoms with Crippen molar-refractivity contribution in [2.75, 3.05) is 26.2 Å². The van der Waals surface area contributed by atoms with Crippen LogP contribution in [0.4, 0.5) is 0 Å². The van der Waals surface area contributed by atoms with E-state index in [9.17, 15) is 14.4 Å². The molecule has 2 aliphatic heterocycles. The van der Waals surface area contributed by atoms with Gasteiger partial charge in [-0.2, -0.15) is 0 Å². The van der Waals surface area contributed by atoms with Gasteiger partial charge >= 0.3 is 17.9 Å². The first-order chi connectivity index (χ1) is 11.5. The van der Waals surface area contributed by atoms with E-state index in [1.165, 1.54) is 6.42 Å². The molecule has 0 spiro atoms. The molecule has 2 heterocycles. The number of cyclic esters (lactones) is 1. The third-order valence-corrected chi connectivity index (χ3v) is 3.97. The summed E-state index contributed by atoms with van der Waals surface area (Å²) in [6, 6.07) is 0. The minimum Gasteiger partial charge on any atom is -0.449 e. The molecule has 0 aromatic heterocycles. The molecule has 0 N–H and O–H groups in total. The maximum Gasteiger partial charge on any atom is 0.349 e. The van der Waals surface area contributed by atoms with Crippen molar-refractivity contribution in [2.24, 2.45) is 0 Å². The predicted molar refractivity (Wildman–Crippen MR) is 81.8 cm³/mol. The van der Waals surface area contributed by atoms with Gasteiger partial charge < -0.3 is 18.9 Å². The molecule has 2 aliphatic rings. The average molecular weight is 343 g/mol. The lowest BCUT2D eigenvalue weighted by Crippen LogP contribution is -2.37. The molecule has 2 saturated heterocycles. The lowest BCUT2D eigenvalue weighted by Gasteiger charge is -2.25. The summed E-state index contributed by atoms with van der Waals surface area (Å²) in [4.78, 5) is 37.6. The van der Waals surface area contributed by atoms with Gasteiger partial charge in [0.1, 0.15) is 0 Å². The fourth-order valence-electron chi connectivity index (χ4n) is 2.80. The number of rotatable bonds is 7. The summed E-state index contributed by atoms with van der Waals surface area (Å²) in [6.45, 7) is 5.62. The highest BCUT2D eigenvalue weighted by Crippen LogP contribution is 2.20. The number of esters is 3. The minimum atomic E-state index is -1.06. The van der Waals surface area contributed by atoms with E-state index >= 15 is 0 Å². The highest BCUT2D eigenvalue weighted by molar-refractivity contribution is 5.87. The van der Waals surface area contributed by atoms with Crippen molar-refractivity contribution >= 4 is 17.9 Å². The Morgan fingerprint density at radius 3 is 2.67 bits per heavy atom. The maximum atomic E-state index is 11.9. The number of ether oxygens (including phenoxy) is 4. The van der Waals surface area contributed by atoms with Crippen LogP contribution in [0.25, 0.3) is 0 Å². The molecule has 0 aromatic carbocycles. The van der Waals surface area contributed by atoms with Crippen molar-refractivity contribution in [3.05, 3.63) is 0 Å². The van der Waals surface area contributed by atoms with Crippen molar-refractivity contribution in [3.63, 3.8) is 0 Å². The van der Waals surface area contributed by atoms with Gasteiger partial charge in [0.2, 0.25) is 12.2 Å². The fraction of sp³-hybridized carbons (Fsp3) is 0.812. The highest BCUT2D eigenvalue weighted by Gasteiger charge is 2.42. The summed E-state index contributed by atoms with van der Waals surface area (Å²) in [5, 5.41) is 0. The standard InChI is InChI=1S/C16H25NO7/c1-3-21-11(2)22-15(19)13-9-12(16(20)24-13)23-14(18)10-17-7-5-4-6-8-17/h11-13H,3-10H2,1-2H3. The van der Waals surface area contributed by atoms with Crippen LogP contribution < -0.4 is 0 Å². The first-order valence-electron chi connectivity index (χ1n) is 8.44. The number of hydrogen-bond acceptors (Lipinski definition) is 8. The van der Waals surface area contributed by atoms with Crippen LogP contribution in [-0.2, 0) is 33.3 Å². The van der Waals surface area contributed by atoms with Crippen LogP contribution in [-0.4, -0.2) is 67.5 Å². The van der Waals surface area contributed by atoms with Gasteiger partial charge in [-0.3, -0.25) is 9.69 Å². The van der Waals surface area contributed by atoms with Crippen molar-refractivity contribution in [2.45, 2.75) is 58.0 Å². The lowest BCUT2D eigenvalue weighted by molar-refractivity contribution is -0.185. The molecule has 0 bridgehead atoms. The lowest BCUT2D eigenvalue weighted by atomic mass is 10.1. The minimum absolute atomic E-state index is 0.0255. The molecule has 24 heavy (non-hydrogen) atoms. The average Bonchev–Trinajstić information content (AvgIpc) is 2.89. The molecular weight excluding hydrogens is 318 g/mol. The zero-order valence-corrected chi connectivity index (χ0v) is 14.2. The van der Waals surface area contributed by atoms with Gasteiger partial charge in [0.25, 0.3) is 0 Å². The molecule has 8 heteroatoms. The molecule has 2 fully saturated rings. The van der Waals surface area contributed by atoms with Gasteiger partial charge in [0, 0.05) is 13.0 Å². The van der Waals surface area contributed by atoms with Crippen molar-refractivity contribution in [3.8, 4) is 0 Å². The van der Waals surface area contributed by atoms with E-state index in [0.29, 0.717) is 6.61 Å². The van der Waals surface area contributed by atoms with Crippen LogP contribution in [0.3, 0.4) is 0 Å². The van der Waals surface area contributed by atoms with Crippen LogP contribution in [0.5, 0.6) is 0 Å². The van der Waals surface area contributed by atoms with Gasteiger partial charge in [-0.1, -0.05) is 6.42 Å². The summed E-state index contributed by atoms with van der Waals surface area (Å²) < 4.78 is 20.2. The molecule has 0 aromatic rings. The van der Waals surface area contributed by atoms with Crippen LogP contribution in [0.2, 0.25) is 0 Å². The van der Waals surface area contributed by atoms with E-state index in [0.717, 1.165) is 25.9 Å². The molecule has 3 atom stereocenters. The molecule has 2 rings (SSSR count). The third kappa shape index (κ3) is 5.45. The van der Waals surface area contributed by atoms with Crippen LogP contribution in [0.15, 0.2) is 0 Å². The second kappa shape index (κ2) is 8.98. The number of carbonyl (C=O) groups excluding carboxylic acids is 3. The zero-order chi connectivity index (χ0) is 17.5. The Morgan fingerprint density at radius 2 is 2.00 bits per heavy atom. The largest absolute Gasteiger partial charge is 0.449 e. The number of nitrogens with zero attached hydrogens (tertiary/aromatic N) is 1. The smallest absolute Gasteiger partial charge is 0.349 e. The molecule has 0 saturated carbocycles. The van der Waals surface area contributed by atoms with Crippen molar-refractivity contribution in [1.29, 1.82) is 0 Å². The maximum absolute atomic E-state index is 11.9. The summed E-state index contributed by atoms with van der Waals surface area (Å²) in [6.07, 6.45) is 0.430. The van der Waals surface area contributed by atoms with Crippen LogP contribution in [0, 0.1) is 0 Å². The molecule has 8 nitrogen and oxygen atoms in total. The van der Waals surface area contributed by atoms with Gasteiger partial charge in [-0.15, -0.1) is 0 Å². The van der Waals surface area contributed by atoms with Gasteiger partial charge in [0.15, 0.2) is 6.29 Å². The normalized spacial score (nSPS) is 25.8. The molecule has 0 aliphatic carbocycles. The van der Waals surface area contributed by atoms with Gasteiger partial charge in [0.05, 0.1) is 6.54 Å². The Kier molecular flexibility index (Phi) is 6.99. The van der Waals surface area contributed by atoms with E-state index in [1.807, 2.05) is 4.90 Å². The molecule has 136 valence electrons. The Morgan fingerprint density at radius 1 is 1.29 bits per heavy atom. The van der Waals surface area contributed by atoms with Gasteiger partial charge in [-0.25, -0.2) is 9.59 Å². The van der Waals surface area contributed by atoms with E-state index in [2.05, 4.69) is 0 Å². The SMILES string of the molecule is CCOC(C)OC(=O)C1CC(OC(=O)CN2CCCCC2)C(=O)O1. The molecule has 0 amide bonds. The zero-order valence-electron chi connectivity index (χ0n) is 14.2. The Labute approximate surface area is 141 Å². The van der Waals surface area contributed by atoms with Gasteiger partial charge in [-0.05, 0) is 39.8 Å². The number of hydrogen-bond donors (Lipinski definition) is 0. The van der Waals surface area contributed by atoms with Crippen LogP contribution >= 0.6 is 0 Å². The second-order valence-corrected chi connectivity index (χ2v) is 5.94. The summed E-state index contributed by atoms with van der Waals surface area (Å²) in [5.74, 6) is -1.89. The first-order valence-corrected chi connectivity index (χ1v) is 8.44. The molecular formula is C16H25NO7. The topological polar surface area (TPSA) is 91.4 Å². The number of piperidine rings is 1. The Balaban J connectivity index is 1.76. The van der Waals surface area contributed by atoms with E-state index in [4.69, 9.17) is 18.9 Å². The third-order valence-electron chi connectivity index (χ3n) is 3.97. The summed E-state index contributed by atoms with van der Waals surface area (Å²) >= 11 is 0. The number of carbonyl (C=O) groups is 3. The fourth-order valence-corrected chi connectivity index (χ4v) is 2.80. The van der Waals surface area contributed by atoms with Crippen molar-refractivity contribution in [1.82, 2.24) is 4.90 Å². The summed E-state index contributed by atoms with van der Waals surface area (Å²) in [7, 11) is 0. The predicted octanol–water partition coefficient (Wildman–Crippen LogP) is 0.625. The Bertz CT molecular complexity index is 461. The highest BCUT2D eigenvalue weighted by atomic mass is 16.7. The van der Waals surface area contributed by atoms with E-state index in [-0.39, 0.29) is 13.0 Å². The number of likely N-dealkylation sites (tertiary alicyclic amines) is 1. The Hall–Kier alpha value is -1.67. The molecule has 3 unspecified atom stereocenters. The monoisotopic (exact) mass is 343 g/mol. The first kappa shape index (κ1) is 18.7.